The number of nitrogens with zero attached hydrogens (tertiary/aromatic N) is 1. The van der Waals surface area contributed by atoms with Gasteiger partial charge in [-0.3, -0.25) is 4.99 Å². The highest BCUT2D eigenvalue weighted by atomic mass is 14.8. The topological polar surface area (TPSA) is 12.4 Å². The van der Waals surface area contributed by atoms with Gasteiger partial charge in [0, 0.05) is 23.2 Å². The van der Waals surface area contributed by atoms with Gasteiger partial charge >= 0.3 is 0 Å². The minimum absolute atomic E-state index is 0.274. The Morgan fingerprint density at radius 2 is 2.36 bits per heavy atom. The molecule has 0 aromatic rings. The lowest BCUT2D eigenvalue weighted by atomic mass is 9.77. The first-order chi connectivity index (χ1) is 5.20. The van der Waals surface area contributed by atoms with Crippen LogP contribution in [-0.4, -0.2) is 6.21 Å². The average molecular weight is 147 g/mol. The molecule has 1 nitrogen and oxygen atoms in total. The zero-order valence-corrected chi connectivity index (χ0v) is 7.04. The largest absolute Gasteiger partial charge is 0.265 e. The van der Waals surface area contributed by atoms with Crippen molar-refractivity contribution < 1.29 is 0 Å². The second-order valence-electron chi connectivity index (χ2n) is 3.89. The number of hydrogen-bond donors (Lipinski definition) is 0. The summed E-state index contributed by atoms with van der Waals surface area (Å²) < 4.78 is 0. The first-order valence-electron chi connectivity index (χ1n) is 4.12. The summed E-state index contributed by atoms with van der Waals surface area (Å²) in [6.07, 6.45) is 9.68. The van der Waals surface area contributed by atoms with E-state index in [9.17, 15) is 0 Å². The van der Waals surface area contributed by atoms with Gasteiger partial charge in [0.1, 0.15) is 0 Å². The van der Waals surface area contributed by atoms with Crippen LogP contribution in [-0.2, 0) is 0 Å². The summed E-state index contributed by atoms with van der Waals surface area (Å²) in [6, 6.07) is 0. The lowest BCUT2D eigenvalue weighted by Crippen LogP contribution is -2.21. The van der Waals surface area contributed by atoms with Crippen molar-refractivity contribution in [3.8, 4) is 0 Å². The van der Waals surface area contributed by atoms with Crippen LogP contribution in [0.4, 0.5) is 0 Å². The summed E-state index contributed by atoms with van der Waals surface area (Å²) >= 11 is 0. The Balaban J connectivity index is 2.36. The number of fused-ring (bicyclic) bond motifs is 1. The smallest absolute Gasteiger partial charge is 0.0442 e. The van der Waals surface area contributed by atoms with E-state index in [-0.39, 0.29) is 5.41 Å². The van der Waals surface area contributed by atoms with E-state index in [0.29, 0.717) is 5.92 Å². The maximum absolute atomic E-state index is 4.40. The second-order valence-corrected chi connectivity index (χ2v) is 3.89. The van der Waals surface area contributed by atoms with Gasteiger partial charge in [-0.25, -0.2) is 0 Å². The Labute approximate surface area is 67.5 Å². The molecule has 0 spiro atoms. The van der Waals surface area contributed by atoms with Crippen LogP contribution in [0.3, 0.4) is 0 Å². The Kier molecular flexibility index (Phi) is 1.28. The van der Waals surface area contributed by atoms with Gasteiger partial charge in [0.15, 0.2) is 0 Å². The van der Waals surface area contributed by atoms with Gasteiger partial charge in [-0.15, -0.1) is 0 Å². The molecule has 0 radical (unpaired) electrons. The first-order valence-corrected chi connectivity index (χ1v) is 4.12. The van der Waals surface area contributed by atoms with Gasteiger partial charge in [0.25, 0.3) is 0 Å². The van der Waals surface area contributed by atoms with Gasteiger partial charge < -0.3 is 0 Å². The van der Waals surface area contributed by atoms with Crippen LogP contribution < -0.4 is 0 Å². The number of hydrogen-bond acceptors (Lipinski definition) is 1. The highest BCUT2D eigenvalue weighted by Gasteiger charge is 2.34. The lowest BCUT2D eigenvalue weighted by molar-refractivity contribution is 0.384. The number of allylic oxidation sites excluding steroid dienone is 4. The summed E-state index contributed by atoms with van der Waals surface area (Å²) in [7, 11) is 0. The molecule has 2 rings (SSSR count). The number of rotatable bonds is 0. The van der Waals surface area contributed by atoms with Crippen LogP contribution in [0.25, 0.3) is 0 Å². The fourth-order valence-corrected chi connectivity index (χ4v) is 1.77. The van der Waals surface area contributed by atoms with Crippen LogP contribution in [0, 0.1) is 11.3 Å². The summed E-state index contributed by atoms with van der Waals surface area (Å²) in [6.45, 7) is 4.50. The maximum Gasteiger partial charge on any atom is 0.0442 e. The Morgan fingerprint density at radius 1 is 1.55 bits per heavy atom. The average Bonchev–Trinajstić information content (AvgIpc) is 2.29. The first kappa shape index (κ1) is 6.84. The highest BCUT2D eigenvalue weighted by Crippen LogP contribution is 2.40. The Hall–Kier alpha value is -0.850. The fraction of sp³-hybridized carbons (Fsp3) is 0.500. The van der Waals surface area contributed by atoms with Crippen molar-refractivity contribution in [1.29, 1.82) is 0 Å². The molecular weight excluding hydrogens is 134 g/mol. The van der Waals surface area contributed by atoms with E-state index in [1.165, 1.54) is 5.70 Å². The van der Waals surface area contributed by atoms with Crippen LogP contribution in [0.5, 0.6) is 0 Å². The standard InChI is InChI=1S/C10H13N/c1-10(2)7-11-9-6-4-3-5-8(9)10/h3-4,6-8H,5H2,1-2H3. The molecule has 1 aliphatic carbocycles. The van der Waals surface area contributed by atoms with Gasteiger partial charge in [0.05, 0.1) is 0 Å². The summed E-state index contributed by atoms with van der Waals surface area (Å²) in [5.41, 5.74) is 1.54. The molecule has 0 saturated heterocycles. The van der Waals surface area contributed by atoms with Crippen molar-refractivity contribution in [2.75, 3.05) is 0 Å². The SMILES string of the molecule is CC1(C)C=NC2=CC=CCC21. The van der Waals surface area contributed by atoms with E-state index in [4.69, 9.17) is 0 Å². The minimum Gasteiger partial charge on any atom is -0.265 e. The Morgan fingerprint density at radius 3 is 3.09 bits per heavy atom. The highest BCUT2D eigenvalue weighted by molar-refractivity contribution is 5.71. The molecule has 0 aromatic heterocycles. The predicted octanol–water partition coefficient (Wildman–Crippen LogP) is 2.56. The molecule has 0 fully saturated rings. The zero-order valence-electron chi connectivity index (χ0n) is 7.04. The molecule has 0 bridgehead atoms. The Bertz CT molecular complexity index is 256. The van der Waals surface area contributed by atoms with Gasteiger partial charge in [-0.1, -0.05) is 26.0 Å². The van der Waals surface area contributed by atoms with E-state index < -0.39 is 0 Å². The monoisotopic (exact) mass is 147 g/mol. The molecule has 1 heterocycles. The van der Waals surface area contributed by atoms with E-state index in [0.717, 1.165) is 6.42 Å². The van der Waals surface area contributed by atoms with Crippen molar-refractivity contribution >= 4 is 6.21 Å². The minimum atomic E-state index is 0.274. The molecule has 0 N–H and O–H groups in total. The summed E-state index contributed by atoms with van der Waals surface area (Å²) in [5, 5.41) is 0. The molecule has 1 unspecified atom stereocenters. The molecular formula is C10H13N. The third-order valence-electron chi connectivity index (χ3n) is 2.58. The molecule has 58 valence electrons. The second kappa shape index (κ2) is 2.07. The van der Waals surface area contributed by atoms with Crippen molar-refractivity contribution in [2.24, 2.45) is 16.3 Å². The van der Waals surface area contributed by atoms with E-state index in [1.54, 1.807) is 0 Å². The summed E-state index contributed by atoms with van der Waals surface area (Å²) in [4.78, 5) is 4.40. The molecule has 1 heteroatoms. The van der Waals surface area contributed by atoms with Gasteiger partial charge in [-0.2, -0.15) is 0 Å². The van der Waals surface area contributed by atoms with Crippen molar-refractivity contribution in [2.45, 2.75) is 20.3 Å². The zero-order chi connectivity index (χ0) is 7.90. The lowest BCUT2D eigenvalue weighted by Gasteiger charge is -2.25. The quantitative estimate of drug-likeness (QED) is 0.499. The van der Waals surface area contributed by atoms with Crippen molar-refractivity contribution in [1.82, 2.24) is 0 Å². The third kappa shape index (κ3) is 0.953. The maximum atomic E-state index is 4.40. The third-order valence-corrected chi connectivity index (χ3v) is 2.58. The molecule has 11 heavy (non-hydrogen) atoms. The van der Waals surface area contributed by atoms with Crippen LogP contribution in [0.1, 0.15) is 20.3 Å². The normalized spacial score (nSPS) is 31.8. The molecule has 0 amide bonds. The molecule has 0 aromatic carbocycles. The van der Waals surface area contributed by atoms with Gasteiger partial charge in [-0.05, 0) is 12.5 Å². The molecule has 2 aliphatic rings. The molecule has 1 aliphatic heterocycles. The van der Waals surface area contributed by atoms with Crippen LogP contribution >= 0.6 is 0 Å². The fourth-order valence-electron chi connectivity index (χ4n) is 1.77. The van der Waals surface area contributed by atoms with E-state index >= 15 is 0 Å². The predicted molar refractivity (Wildman–Crippen MR) is 47.6 cm³/mol. The van der Waals surface area contributed by atoms with E-state index in [1.807, 2.05) is 0 Å². The van der Waals surface area contributed by atoms with Crippen molar-refractivity contribution in [3.63, 3.8) is 0 Å². The van der Waals surface area contributed by atoms with E-state index in [2.05, 4.69) is 43.3 Å². The molecule has 0 saturated carbocycles. The van der Waals surface area contributed by atoms with Crippen LogP contribution in [0.15, 0.2) is 28.9 Å². The summed E-state index contributed by atoms with van der Waals surface area (Å²) in [5.74, 6) is 0.632. The van der Waals surface area contributed by atoms with Crippen molar-refractivity contribution in [3.05, 3.63) is 23.9 Å². The molecule has 1 atom stereocenters. The van der Waals surface area contributed by atoms with Crippen LogP contribution in [0.2, 0.25) is 0 Å². The number of aliphatic imine (C=N–C) groups is 1. The van der Waals surface area contributed by atoms with Gasteiger partial charge in [0.2, 0.25) is 0 Å².